The van der Waals surface area contributed by atoms with Gasteiger partial charge in [0.05, 0.1) is 21.8 Å². The van der Waals surface area contributed by atoms with Crippen LogP contribution in [0.2, 0.25) is 5.02 Å². The zero-order valence-corrected chi connectivity index (χ0v) is 14.5. The maximum absolute atomic E-state index is 13.3. The Morgan fingerprint density at radius 1 is 1.19 bits per heavy atom. The van der Waals surface area contributed by atoms with Gasteiger partial charge in [-0.05, 0) is 30.7 Å². The van der Waals surface area contributed by atoms with Crippen LogP contribution in [0.1, 0.15) is 19.0 Å². The van der Waals surface area contributed by atoms with E-state index in [9.17, 15) is 19.4 Å². The van der Waals surface area contributed by atoms with Gasteiger partial charge in [0, 0.05) is 18.9 Å². The van der Waals surface area contributed by atoms with E-state index in [0.717, 1.165) is 6.07 Å². The summed E-state index contributed by atoms with van der Waals surface area (Å²) in [6.07, 6.45) is 0.598. The molecule has 3 rings (SSSR count). The molecule has 0 saturated carbocycles. The van der Waals surface area contributed by atoms with Gasteiger partial charge >= 0.3 is 0 Å². The molecule has 3 aromatic rings. The molecule has 0 aliphatic heterocycles. The third kappa shape index (κ3) is 3.55. The molecule has 1 heterocycles. The number of phenolic OH excluding ortho intramolecular Hbond substituents is 2. The summed E-state index contributed by atoms with van der Waals surface area (Å²) < 4.78 is 18.7. The minimum Gasteiger partial charge on any atom is -0.507 e. The van der Waals surface area contributed by atoms with Crippen LogP contribution in [0.15, 0.2) is 40.9 Å². The minimum atomic E-state index is -0.396. The van der Waals surface area contributed by atoms with E-state index in [1.165, 1.54) is 25.1 Å². The number of aromatic hydroxyl groups is 2. The molecule has 5 nitrogen and oxygen atoms in total. The third-order valence-electron chi connectivity index (χ3n) is 3.92. The van der Waals surface area contributed by atoms with Crippen molar-refractivity contribution in [1.82, 2.24) is 5.16 Å². The van der Waals surface area contributed by atoms with Crippen LogP contribution in [-0.4, -0.2) is 21.2 Å². The Morgan fingerprint density at radius 2 is 1.88 bits per heavy atom. The highest BCUT2D eigenvalue weighted by Gasteiger charge is 2.23. The first-order valence-electron chi connectivity index (χ1n) is 7.82. The van der Waals surface area contributed by atoms with Gasteiger partial charge in [-0.1, -0.05) is 28.9 Å². The summed E-state index contributed by atoms with van der Waals surface area (Å²) in [6, 6.07) is 8.16. The lowest BCUT2D eigenvalue weighted by Gasteiger charge is -2.08. The lowest BCUT2D eigenvalue weighted by Crippen LogP contribution is -1.96. The Morgan fingerprint density at radius 3 is 2.54 bits per heavy atom. The summed E-state index contributed by atoms with van der Waals surface area (Å²) in [4.78, 5) is 11.3. The van der Waals surface area contributed by atoms with Crippen LogP contribution in [0, 0.1) is 5.82 Å². The Bertz CT molecular complexity index is 966. The Labute approximate surface area is 153 Å². The van der Waals surface area contributed by atoms with Crippen LogP contribution in [0.5, 0.6) is 11.5 Å². The molecule has 2 aromatic carbocycles. The van der Waals surface area contributed by atoms with E-state index >= 15 is 0 Å². The molecule has 134 valence electrons. The van der Waals surface area contributed by atoms with Crippen LogP contribution in [0.3, 0.4) is 0 Å². The van der Waals surface area contributed by atoms with E-state index in [1.807, 2.05) is 0 Å². The van der Waals surface area contributed by atoms with Crippen LogP contribution in [-0.2, 0) is 11.2 Å². The SMILES string of the molecule is CC(=O)CCc1noc(-c2cc(Cl)c(O)cc2O)c1-c1ccc(F)cc1. The summed E-state index contributed by atoms with van der Waals surface area (Å²) in [6.45, 7) is 1.48. The number of carbonyl (C=O) groups is 1. The minimum absolute atomic E-state index is 0.00451. The van der Waals surface area contributed by atoms with Crippen LogP contribution < -0.4 is 0 Å². The molecule has 0 aliphatic rings. The Balaban J connectivity index is 2.18. The Hall–Kier alpha value is -2.86. The van der Waals surface area contributed by atoms with Crippen molar-refractivity contribution in [3.05, 3.63) is 52.9 Å². The van der Waals surface area contributed by atoms with Crippen molar-refractivity contribution in [2.24, 2.45) is 0 Å². The molecule has 0 radical (unpaired) electrons. The number of aryl methyl sites for hydroxylation is 1. The first kappa shape index (κ1) is 17.9. The smallest absolute Gasteiger partial charge is 0.178 e. The van der Waals surface area contributed by atoms with E-state index in [-0.39, 0.29) is 40.0 Å². The number of hydrogen-bond acceptors (Lipinski definition) is 5. The molecule has 0 aliphatic carbocycles. The second kappa shape index (κ2) is 7.17. The Kier molecular flexibility index (Phi) is 4.95. The molecule has 0 atom stereocenters. The molecule has 26 heavy (non-hydrogen) atoms. The predicted octanol–water partition coefficient (Wildman–Crippen LogP) is 4.73. The number of halogens is 2. The fourth-order valence-electron chi connectivity index (χ4n) is 2.62. The number of rotatable bonds is 5. The second-order valence-electron chi connectivity index (χ2n) is 5.86. The van der Waals surface area contributed by atoms with Crippen molar-refractivity contribution < 1.29 is 23.9 Å². The highest BCUT2D eigenvalue weighted by molar-refractivity contribution is 6.32. The predicted molar refractivity (Wildman–Crippen MR) is 94.7 cm³/mol. The summed E-state index contributed by atoms with van der Waals surface area (Å²) >= 11 is 5.95. The van der Waals surface area contributed by atoms with E-state index < -0.39 is 5.82 Å². The molecule has 0 fully saturated rings. The number of nitrogens with zero attached hydrogens (tertiary/aromatic N) is 1. The molecule has 1 aromatic heterocycles. The first-order valence-corrected chi connectivity index (χ1v) is 8.20. The fraction of sp³-hybridized carbons (Fsp3) is 0.158. The van der Waals surface area contributed by atoms with Gasteiger partial charge in [0.15, 0.2) is 5.76 Å². The molecule has 0 bridgehead atoms. The number of Topliss-reactive ketones (excluding diaryl/α,β-unsaturated/α-hetero) is 1. The van der Waals surface area contributed by atoms with Gasteiger partial charge in [0.2, 0.25) is 0 Å². The van der Waals surface area contributed by atoms with Crippen molar-refractivity contribution in [3.8, 4) is 33.9 Å². The second-order valence-corrected chi connectivity index (χ2v) is 6.27. The molecule has 0 amide bonds. The molecule has 7 heteroatoms. The van der Waals surface area contributed by atoms with Gasteiger partial charge in [-0.25, -0.2) is 4.39 Å². The largest absolute Gasteiger partial charge is 0.507 e. The normalized spacial score (nSPS) is 10.9. The number of benzene rings is 2. The summed E-state index contributed by atoms with van der Waals surface area (Å²) in [5.41, 5.74) is 1.88. The van der Waals surface area contributed by atoms with Crippen LogP contribution in [0.25, 0.3) is 22.5 Å². The van der Waals surface area contributed by atoms with E-state index in [4.69, 9.17) is 16.1 Å². The van der Waals surface area contributed by atoms with Gasteiger partial charge in [0.25, 0.3) is 0 Å². The number of aromatic nitrogens is 1. The van der Waals surface area contributed by atoms with E-state index in [1.54, 1.807) is 12.1 Å². The summed E-state index contributed by atoms with van der Waals surface area (Å²) in [5, 5.41) is 23.9. The van der Waals surface area contributed by atoms with Crippen LogP contribution in [0.4, 0.5) is 4.39 Å². The topological polar surface area (TPSA) is 83.6 Å². The van der Waals surface area contributed by atoms with Crippen molar-refractivity contribution in [3.63, 3.8) is 0 Å². The summed E-state index contributed by atoms with van der Waals surface area (Å²) in [7, 11) is 0. The zero-order valence-electron chi connectivity index (χ0n) is 13.8. The van der Waals surface area contributed by atoms with Gasteiger partial charge in [-0.15, -0.1) is 0 Å². The maximum atomic E-state index is 13.3. The monoisotopic (exact) mass is 375 g/mol. The molecule has 0 spiro atoms. The number of ketones is 1. The van der Waals surface area contributed by atoms with Gasteiger partial charge in [0.1, 0.15) is 23.1 Å². The van der Waals surface area contributed by atoms with Crippen molar-refractivity contribution in [2.45, 2.75) is 19.8 Å². The quantitative estimate of drug-likeness (QED) is 0.673. The highest BCUT2D eigenvalue weighted by atomic mass is 35.5. The molecule has 0 unspecified atom stereocenters. The van der Waals surface area contributed by atoms with E-state index in [2.05, 4.69) is 5.16 Å². The highest BCUT2D eigenvalue weighted by Crippen LogP contribution is 2.43. The van der Waals surface area contributed by atoms with Gasteiger partial charge in [-0.3, -0.25) is 0 Å². The lowest BCUT2D eigenvalue weighted by atomic mass is 9.97. The zero-order chi connectivity index (χ0) is 18.8. The number of phenols is 2. The number of hydrogen-bond donors (Lipinski definition) is 2. The third-order valence-corrected chi connectivity index (χ3v) is 4.22. The first-order chi connectivity index (χ1) is 12.4. The number of carbonyl (C=O) groups excluding carboxylic acids is 1. The average molecular weight is 376 g/mol. The van der Waals surface area contributed by atoms with Crippen molar-refractivity contribution in [1.29, 1.82) is 0 Å². The average Bonchev–Trinajstić information content (AvgIpc) is 3.00. The van der Waals surface area contributed by atoms with Gasteiger partial charge < -0.3 is 19.5 Å². The van der Waals surface area contributed by atoms with Crippen molar-refractivity contribution in [2.75, 3.05) is 0 Å². The summed E-state index contributed by atoms with van der Waals surface area (Å²) in [5.74, 6) is -0.700. The molecular formula is C19H15ClFNO4. The maximum Gasteiger partial charge on any atom is 0.178 e. The van der Waals surface area contributed by atoms with Crippen molar-refractivity contribution >= 4 is 17.4 Å². The van der Waals surface area contributed by atoms with E-state index in [0.29, 0.717) is 23.2 Å². The fourth-order valence-corrected chi connectivity index (χ4v) is 2.78. The lowest BCUT2D eigenvalue weighted by molar-refractivity contribution is -0.117. The molecule has 0 saturated heterocycles. The molecule has 2 N–H and O–H groups in total. The van der Waals surface area contributed by atoms with Gasteiger partial charge in [-0.2, -0.15) is 0 Å². The standard InChI is InChI=1S/C19H15ClFNO4/c1-10(23)2-7-15-18(11-3-5-12(21)6-4-11)19(26-22-15)13-8-14(20)17(25)9-16(13)24/h3-6,8-9,24-25H,2,7H2,1H3. The molecular weight excluding hydrogens is 361 g/mol. The van der Waals surface area contributed by atoms with Crippen LogP contribution >= 0.6 is 11.6 Å².